The van der Waals surface area contributed by atoms with Gasteiger partial charge < -0.3 is 14.2 Å². The number of pyridine rings is 1. The van der Waals surface area contributed by atoms with Crippen LogP contribution in [0.25, 0.3) is 11.2 Å². The third kappa shape index (κ3) is 2.88. The highest BCUT2D eigenvalue weighted by Crippen LogP contribution is 2.37. The van der Waals surface area contributed by atoms with Crippen LogP contribution in [0.15, 0.2) is 48.9 Å². The SMILES string of the molecule is COC1(c2ccccc2)CCN(C(=O)c2cnc3c(c2)ncn3C2CC2)CC1. The van der Waals surface area contributed by atoms with Crippen LogP contribution in [0.3, 0.4) is 0 Å². The maximum Gasteiger partial charge on any atom is 0.255 e. The van der Waals surface area contributed by atoms with E-state index in [4.69, 9.17) is 4.74 Å². The molecule has 2 aromatic heterocycles. The smallest absolute Gasteiger partial charge is 0.255 e. The van der Waals surface area contributed by atoms with Crippen molar-refractivity contribution in [1.29, 1.82) is 0 Å². The van der Waals surface area contributed by atoms with Crippen LogP contribution in [-0.2, 0) is 10.3 Å². The Hall–Kier alpha value is -2.73. The fourth-order valence-corrected chi connectivity index (χ4v) is 4.26. The molecule has 1 aromatic carbocycles. The molecule has 2 aliphatic rings. The van der Waals surface area contributed by atoms with Gasteiger partial charge in [0.15, 0.2) is 5.65 Å². The molecule has 6 nitrogen and oxygen atoms in total. The minimum absolute atomic E-state index is 0.0214. The molecule has 0 atom stereocenters. The van der Waals surface area contributed by atoms with E-state index in [-0.39, 0.29) is 11.5 Å². The summed E-state index contributed by atoms with van der Waals surface area (Å²) in [6, 6.07) is 12.7. The molecule has 1 aliphatic heterocycles. The number of ether oxygens (including phenoxy) is 1. The number of benzene rings is 1. The van der Waals surface area contributed by atoms with Gasteiger partial charge in [0.05, 0.1) is 17.5 Å². The Labute approximate surface area is 164 Å². The molecule has 3 heterocycles. The van der Waals surface area contributed by atoms with E-state index in [1.54, 1.807) is 13.3 Å². The second-order valence-electron chi connectivity index (χ2n) is 7.81. The summed E-state index contributed by atoms with van der Waals surface area (Å²) in [7, 11) is 1.76. The third-order valence-electron chi connectivity index (χ3n) is 6.15. The van der Waals surface area contributed by atoms with Gasteiger partial charge in [-0.2, -0.15) is 0 Å². The lowest BCUT2D eigenvalue weighted by Gasteiger charge is -2.41. The Morgan fingerprint density at radius 1 is 1.14 bits per heavy atom. The summed E-state index contributed by atoms with van der Waals surface area (Å²) >= 11 is 0. The van der Waals surface area contributed by atoms with Gasteiger partial charge in [-0.1, -0.05) is 30.3 Å². The van der Waals surface area contributed by atoms with Crippen molar-refractivity contribution >= 4 is 17.1 Å². The third-order valence-corrected chi connectivity index (χ3v) is 6.15. The maximum absolute atomic E-state index is 13.0. The number of hydrogen-bond donors (Lipinski definition) is 0. The van der Waals surface area contributed by atoms with Crippen LogP contribution in [0.2, 0.25) is 0 Å². The summed E-state index contributed by atoms with van der Waals surface area (Å²) in [6.07, 6.45) is 7.48. The van der Waals surface area contributed by atoms with Gasteiger partial charge in [0.2, 0.25) is 0 Å². The average molecular weight is 376 g/mol. The molecule has 1 saturated heterocycles. The summed E-state index contributed by atoms with van der Waals surface area (Å²) in [4.78, 5) is 23.9. The van der Waals surface area contributed by atoms with E-state index >= 15 is 0 Å². The average Bonchev–Trinajstić information content (AvgIpc) is 3.52. The number of amides is 1. The first-order chi connectivity index (χ1) is 13.7. The highest BCUT2D eigenvalue weighted by atomic mass is 16.5. The summed E-state index contributed by atoms with van der Waals surface area (Å²) in [5.74, 6) is 0.0214. The number of imidazole rings is 1. The first-order valence-electron chi connectivity index (χ1n) is 9.93. The van der Waals surface area contributed by atoms with E-state index in [1.807, 2.05) is 35.5 Å². The monoisotopic (exact) mass is 376 g/mol. The second kappa shape index (κ2) is 6.71. The Bertz CT molecular complexity index is 1000. The van der Waals surface area contributed by atoms with E-state index in [2.05, 4.69) is 26.7 Å². The fourth-order valence-electron chi connectivity index (χ4n) is 4.26. The zero-order valence-electron chi connectivity index (χ0n) is 16.0. The number of rotatable bonds is 4. The van der Waals surface area contributed by atoms with Crippen LogP contribution in [0.1, 0.15) is 47.6 Å². The van der Waals surface area contributed by atoms with Gasteiger partial charge in [-0.3, -0.25) is 4.79 Å². The van der Waals surface area contributed by atoms with Crippen molar-refractivity contribution in [2.75, 3.05) is 20.2 Å². The maximum atomic E-state index is 13.0. The minimum atomic E-state index is -0.316. The van der Waals surface area contributed by atoms with Gasteiger partial charge in [-0.05, 0) is 37.3 Å². The lowest BCUT2D eigenvalue weighted by molar-refractivity contribution is -0.0574. The van der Waals surface area contributed by atoms with Crippen molar-refractivity contribution in [2.45, 2.75) is 37.3 Å². The van der Waals surface area contributed by atoms with E-state index in [0.717, 1.165) is 24.0 Å². The molecule has 3 aromatic rings. The zero-order valence-corrected chi connectivity index (χ0v) is 16.0. The minimum Gasteiger partial charge on any atom is -0.373 e. The molecule has 0 radical (unpaired) electrons. The molecular formula is C22H24N4O2. The van der Waals surface area contributed by atoms with Crippen LogP contribution in [-0.4, -0.2) is 45.5 Å². The van der Waals surface area contributed by atoms with Crippen molar-refractivity contribution in [2.24, 2.45) is 0 Å². The molecule has 0 bridgehead atoms. The number of hydrogen-bond acceptors (Lipinski definition) is 4. The van der Waals surface area contributed by atoms with Gasteiger partial charge in [0.25, 0.3) is 5.91 Å². The molecule has 0 unspecified atom stereocenters. The fraction of sp³-hybridized carbons (Fsp3) is 0.409. The Morgan fingerprint density at radius 2 is 1.89 bits per heavy atom. The molecule has 1 amide bonds. The number of carbonyl (C=O) groups is 1. The van der Waals surface area contributed by atoms with E-state index < -0.39 is 0 Å². The Morgan fingerprint density at radius 3 is 2.57 bits per heavy atom. The molecule has 0 spiro atoms. The molecule has 2 fully saturated rings. The van der Waals surface area contributed by atoms with Crippen LogP contribution in [0.5, 0.6) is 0 Å². The number of aromatic nitrogens is 3. The largest absolute Gasteiger partial charge is 0.373 e. The first kappa shape index (κ1) is 17.4. The number of fused-ring (bicyclic) bond motifs is 1. The normalized spacial score (nSPS) is 19.1. The molecule has 1 saturated carbocycles. The Balaban J connectivity index is 1.33. The van der Waals surface area contributed by atoms with Crippen molar-refractivity contribution in [3.63, 3.8) is 0 Å². The van der Waals surface area contributed by atoms with Crippen molar-refractivity contribution in [3.8, 4) is 0 Å². The molecular weight excluding hydrogens is 352 g/mol. The van der Waals surface area contributed by atoms with E-state index in [9.17, 15) is 4.79 Å². The van der Waals surface area contributed by atoms with Crippen molar-refractivity contribution in [3.05, 3.63) is 60.0 Å². The second-order valence-corrected chi connectivity index (χ2v) is 7.81. The lowest BCUT2D eigenvalue weighted by atomic mass is 9.84. The number of carbonyl (C=O) groups excluding carboxylic acids is 1. The number of piperidine rings is 1. The van der Waals surface area contributed by atoms with Gasteiger partial charge in [-0.25, -0.2) is 9.97 Å². The van der Waals surface area contributed by atoms with Crippen LogP contribution in [0.4, 0.5) is 0 Å². The zero-order chi connectivity index (χ0) is 19.1. The standard InChI is InChI=1S/C22H24N4O2/c1-28-22(17-5-3-2-4-6-17)9-11-25(12-10-22)21(27)16-13-19-20(23-14-16)26(15-24-19)18-7-8-18/h2-6,13-15,18H,7-12H2,1H3. The summed E-state index contributed by atoms with van der Waals surface area (Å²) in [6.45, 7) is 1.33. The van der Waals surface area contributed by atoms with Crippen LogP contribution in [0, 0.1) is 0 Å². The van der Waals surface area contributed by atoms with Crippen molar-refractivity contribution < 1.29 is 9.53 Å². The molecule has 28 heavy (non-hydrogen) atoms. The van der Waals surface area contributed by atoms with Gasteiger partial charge in [-0.15, -0.1) is 0 Å². The summed E-state index contributed by atoms with van der Waals surface area (Å²) in [5, 5.41) is 0. The predicted molar refractivity (Wildman–Crippen MR) is 106 cm³/mol. The molecule has 5 rings (SSSR count). The van der Waals surface area contributed by atoms with E-state index in [1.165, 1.54) is 18.4 Å². The molecule has 0 N–H and O–H groups in total. The molecule has 1 aliphatic carbocycles. The summed E-state index contributed by atoms with van der Waals surface area (Å²) < 4.78 is 8.05. The van der Waals surface area contributed by atoms with Crippen molar-refractivity contribution in [1.82, 2.24) is 19.4 Å². The number of methoxy groups -OCH3 is 1. The first-order valence-corrected chi connectivity index (χ1v) is 9.93. The van der Waals surface area contributed by atoms with Gasteiger partial charge >= 0.3 is 0 Å². The summed E-state index contributed by atoms with van der Waals surface area (Å²) in [5.41, 5.74) is 3.14. The quantitative estimate of drug-likeness (QED) is 0.699. The topological polar surface area (TPSA) is 60.2 Å². The molecule has 144 valence electrons. The highest BCUT2D eigenvalue weighted by molar-refractivity contribution is 5.96. The molecule has 6 heteroatoms. The Kier molecular flexibility index (Phi) is 4.16. The number of likely N-dealkylation sites (tertiary alicyclic amines) is 1. The van der Waals surface area contributed by atoms with Gasteiger partial charge in [0, 0.05) is 32.4 Å². The van der Waals surface area contributed by atoms with Crippen LogP contribution >= 0.6 is 0 Å². The highest BCUT2D eigenvalue weighted by Gasteiger charge is 2.37. The number of nitrogens with zero attached hydrogens (tertiary/aromatic N) is 4. The van der Waals surface area contributed by atoms with E-state index in [0.29, 0.717) is 24.7 Å². The predicted octanol–water partition coefficient (Wildman–Crippen LogP) is 3.54. The van der Waals surface area contributed by atoms with Gasteiger partial charge in [0.1, 0.15) is 5.52 Å². The van der Waals surface area contributed by atoms with Crippen LogP contribution < -0.4 is 0 Å². The lowest BCUT2D eigenvalue weighted by Crippen LogP contribution is -2.46.